The molecule has 5 aromatic carbocycles. The van der Waals surface area contributed by atoms with Crippen molar-refractivity contribution in [2.45, 2.75) is 70.1 Å². The first kappa shape index (κ1) is 72.0. The van der Waals surface area contributed by atoms with E-state index in [1.165, 1.54) is 0 Å². The zero-order valence-corrected chi connectivity index (χ0v) is 53.6. The van der Waals surface area contributed by atoms with Crippen molar-refractivity contribution >= 4 is 86.5 Å². The van der Waals surface area contributed by atoms with Crippen LogP contribution in [0.15, 0.2) is 176 Å². The normalized spacial score (nSPS) is 16.9. The van der Waals surface area contributed by atoms with Crippen LogP contribution in [0.3, 0.4) is 0 Å². The Morgan fingerprint density at radius 3 is 1.34 bits per heavy atom. The van der Waals surface area contributed by atoms with E-state index < -0.39 is 74.3 Å². The van der Waals surface area contributed by atoms with Gasteiger partial charge in [-0.1, -0.05) is 97.1 Å². The van der Waals surface area contributed by atoms with Crippen LogP contribution in [0.1, 0.15) is 70.4 Å². The zero-order chi connectivity index (χ0) is 56.2. The minimum absolute atomic E-state index is 0. The van der Waals surface area contributed by atoms with Crippen LogP contribution in [-0.4, -0.2) is 115 Å². The third-order valence-electron chi connectivity index (χ3n) is 13.1. The summed E-state index contributed by atoms with van der Waals surface area (Å²) in [7, 11) is -17.2. The van der Waals surface area contributed by atoms with Crippen LogP contribution in [0.25, 0.3) is 0 Å². The Morgan fingerprint density at radius 2 is 0.863 bits per heavy atom. The van der Waals surface area contributed by atoms with E-state index in [9.17, 15) is 51.9 Å². The van der Waals surface area contributed by atoms with E-state index in [-0.39, 0.29) is 97.2 Å². The minimum Gasteiger partial charge on any atom is -1.00 e. The standard InChI is InChI=1S/C25H30N2O6S2.C16H23NO6S2.C15H14N2.ClH.2Na/c1-25(16-9-19-34(28,29)30)22-13-5-6-14-23(22)27(18-10-20-35(31,32)33)24(25)15-7-8-17-26-21-11-3-2-4-12-21;1-13-16(2,9-5-11-24(18,19)20)14-7-3-4-8-15(14)17(13)10-6-12-25(21,22)23;1-3-8-14(9-4-1)16-12-7-13-17-15-10-5-2-6-11-15;;;/h2-8,11-15,17H,9-10,16,18-20H2,1H3,(H2,28,29,30,31,32,33);3-4,7-8H,5-6,9-12H2,1-2H3,(H-,18,19,20,21,22,23);1-13,16H;1H;;/q;;;;2*+1/p-2/b;;12-7+,17-13?;;;. The van der Waals surface area contributed by atoms with Gasteiger partial charge in [-0.05, 0) is 69.9 Å². The minimum atomic E-state index is -4.35. The molecule has 0 saturated carbocycles. The molecule has 0 aromatic heterocycles. The van der Waals surface area contributed by atoms with Crippen LogP contribution in [0.5, 0.6) is 0 Å². The second kappa shape index (κ2) is 33.8. The fraction of sp³-hybridized carbons (Fsp3) is 0.304. The monoisotopic (exact) mass is 1210 g/mol. The topological polar surface area (TPSA) is 273 Å². The summed E-state index contributed by atoms with van der Waals surface area (Å²) in [4.78, 5) is 3.18. The maximum absolute atomic E-state index is 11.2. The Labute approximate surface area is 523 Å². The van der Waals surface area contributed by atoms with Crippen molar-refractivity contribution in [2.75, 3.05) is 46.7 Å². The third kappa shape index (κ3) is 24.0. The maximum Gasteiger partial charge on any atom is 1.00 e. The molecule has 2 aliphatic heterocycles. The molecule has 2 atom stereocenters. The van der Waals surface area contributed by atoms with Crippen LogP contribution >= 0.6 is 0 Å². The van der Waals surface area contributed by atoms with Gasteiger partial charge in [0, 0.05) is 114 Å². The molecule has 0 amide bonds. The zero-order valence-electron chi connectivity index (χ0n) is 45.6. The van der Waals surface area contributed by atoms with Crippen LogP contribution in [-0.2, 0) is 51.3 Å². The van der Waals surface area contributed by atoms with Crippen LogP contribution in [0, 0.1) is 0 Å². The molecule has 0 saturated heterocycles. The fourth-order valence-electron chi connectivity index (χ4n) is 9.26. The Balaban J connectivity index is 0.000000427. The van der Waals surface area contributed by atoms with E-state index in [0.717, 1.165) is 51.0 Å². The van der Waals surface area contributed by atoms with E-state index in [4.69, 9.17) is 0 Å². The van der Waals surface area contributed by atoms with Crippen molar-refractivity contribution in [3.8, 4) is 0 Å². The van der Waals surface area contributed by atoms with Crippen molar-refractivity contribution in [3.63, 3.8) is 0 Å². The van der Waals surface area contributed by atoms with Gasteiger partial charge in [-0.15, -0.1) is 0 Å². The maximum atomic E-state index is 11.2. The molecule has 3 N–H and O–H groups in total. The van der Waals surface area contributed by atoms with E-state index >= 15 is 0 Å². The smallest absolute Gasteiger partial charge is 1.00 e. The molecule has 80 heavy (non-hydrogen) atoms. The first-order chi connectivity index (χ1) is 36.4. The summed E-state index contributed by atoms with van der Waals surface area (Å²) in [5.74, 6) is -1.78. The summed E-state index contributed by atoms with van der Waals surface area (Å²) in [6.07, 6.45) is 14.8. The SMILES string of the molecule is C(/C=C/Nc1ccccc1)=[NH+]c1ccccc1.CC1(CCCS(=O)(=O)[O-])C(/C=C/C=C/Nc2ccccc2)=[N+](CCCS(=O)(=O)[O-])c2ccccc21.CC1=[N+](CCCS(=O)(=O)[O-])c2ccccc2C1(C)CCCS(=O)(=O)[O-].[Cl-].[Na+].[Na+]. The van der Waals surface area contributed by atoms with Gasteiger partial charge >= 0.3 is 59.1 Å². The number of anilines is 2. The van der Waals surface area contributed by atoms with E-state index in [0.29, 0.717) is 25.9 Å². The molecular weight excluding hydrogens is 1140 g/mol. The molecule has 2 aliphatic rings. The second-order valence-electron chi connectivity index (χ2n) is 18.7. The van der Waals surface area contributed by atoms with E-state index in [2.05, 4.69) is 15.6 Å². The second-order valence-corrected chi connectivity index (χ2v) is 24.8. The first-order valence-corrected chi connectivity index (χ1v) is 31.2. The number of para-hydroxylation sites is 5. The summed E-state index contributed by atoms with van der Waals surface area (Å²) in [6, 6.07) is 45.0. The van der Waals surface area contributed by atoms with Gasteiger partial charge in [0.1, 0.15) is 13.1 Å². The molecule has 0 spiro atoms. The van der Waals surface area contributed by atoms with Gasteiger partial charge in [0.15, 0.2) is 17.6 Å². The van der Waals surface area contributed by atoms with Gasteiger partial charge in [-0.2, -0.15) is 9.15 Å². The average molecular weight is 1210 g/mol. The molecule has 7 rings (SSSR count). The molecule has 2 heterocycles. The van der Waals surface area contributed by atoms with Crippen molar-refractivity contribution in [2.24, 2.45) is 0 Å². The molecule has 24 heteroatoms. The number of allylic oxidation sites excluding steroid dienone is 4. The summed E-state index contributed by atoms with van der Waals surface area (Å²) in [5.41, 5.74) is 7.63. The number of hydrogen-bond acceptors (Lipinski definition) is 14. The van der Waals surface area contributed by atoms with Crippen molar-refractivity contribution in [1.29, 1.82) is 0 Å². The summed E-state index contributed by atoms with van der Waals surface area (Å²) in [5, 5.41) is 6.34. The molecule has 2 unspecified atom stereocenters. The van der Waals surface area contributed by atoms with Gasteiger partial charge in [-0.25, -0.2) is 38.7 Å². The molecule has 0 bridgehead atoms. The number of nitrogens with zero attached hydrogens (tertiary/aromatic N) is 2. The molecule has 5 aromatic rings. The van der Waals surface area contributed by atoms with Crippen LogP contribution < -0.4 is 87.1 Å². The summed E-state index contributed by atoms with van der Waals surface area (Å²) < 4.78 is 136. The molecule has 0 fully saturated rings. The average Bonchev–Trinajstić information content (AvgIpc) is 3.73. The molecule has 0 aliphatic carbocycles. The van der Waals surface area contributed by atoms with Gasteiger partial charge < -0.3 is 41.3 Å². The fourth-order valence-corrected chi connectivity index (χ4v) is 11.2. The largest absolute Gasteiger partial charge is 1.00 e. The Bertz CT molecular complexity index is 3430. The Kier molecular flexibility index (Phi) is 30.4. The van der Waals surface area contributed by atoms with Crippen LogP contribution in [0.2, 0.25) is 0 Å². The van der Waals surface area contributed by atoms with Gasteiger partial charge in [-0.3, -0.25) is 0 Å². The molecule has 420 valence electrons. The van der Waals surface area contributed by atoms with Gasteiger partial charge in [0.05, 0.1) is 51.3 Å². The summed E-state index contributed by atoms with van der Waals surface area (Å²) in [6.45, 7) is 6.58. The number of hydrogen-bond donors (Lipinski definition) is 3. The van der Waals surface area contributed by atoms with Gasteiger partial charge in [0.2, 0.25) is 17.1 Å². The number of fused-ring (bicyclic) bond motifs is 2. The van der Waals surface area contributed by atoms with Crippen LogP contribution in [0.4, 0.5) is 28.4 Å². The van der Waals surface area contributed by atoms with Crippen molar-refractivity contribution in [1.82, 2.24) is 0 Å². The van der Waals surface area contributed by atoms with E-state index in [1.54, 1.807) is 6.20 Å². The molecular formula is C56H66ClN5Na2O12S4. The van der Waals surface area contributed by atoms with E-state index in [1.807, 2.05) is 206 Å². The Hall–Kier alpha value is -4.14. The predicted molar refractivity (Wildman–Crippen MR) is 299 cm³/mol. The number of rotatable bonds is 24. The third-order valence-corrected chi connectivity index (χ3v) is 16.2. The summed E-state index contributed by atoms with van der Waals surface area (Å²) >= 11 is 0. The van der Waals surface area contributed by atoms with Crippen molar-refractivity contribution in [3.05, 3.63) is 187 Å². The predicted octanol–water partition coefficient (Wildman–Crippen LogP) is -2.08. The number of benzene rings is 5. The molecule has 0 radical (unpaired) electrons. The number of halogens is 1. The van der Waals surface area contributed by atoms with Gasteiger partial charge in [0.25, 0.3) is 0 Å². The van der Waals surface area contributed by atoms with Crippen molar-refractivity contribution < 1.29 is 138 Å². The Morgan fingerprint density at radius 1 is 0.487 bits per heavy atom. The quantitative estimate of drug-likeness (QED) is 0.0197. The number of nitrogens with one attached hydrogen (secondary N) is 3. The molecule has 17 nitrogen and oxygen atoms in total. The first-order valence-electron chi connectivity index (χ1n) is 24.8.